The number of carbonyl (C=O) groups excluding carboxylic acids is 1. The van der Waals surface area contributed by atoms with Gasteiger partial charge in [-0.1, -0.05) is 36.2 Å². The third kappa shape index (κ3) is 4.24. The number of thioether (sulfide) groups is 2. The number of benzene rings is 1. The summed E-state index contributed by atoms with van der Waals surface area (Å²) in [5.41, 5.74) is 1.26. The van der Waals surface area contributed by atoms with Crippen molar-refractivity contribution in [1.29, 1.82) is 0 Å². The summed E-state index contributed by atoms with van der Waals surface area (Å²) in [6, 6.07) is 9.20. The van der Waals surface area contributed by atoms with E-state index in [1.165, 1.54) is 36.7 Å². The molecule has 0 aliphatic carbocycles. The Balaban J connectivity index is 1.73. The standard InChI is InChI=1S/C22H18F3N3O2S2/c1-13-20(21-27(2)16-8-7-14(22(23,24)25)10-17(16)31-21)32-18(28(13)12-19(29)30-3)11-15-6-4-5-9-26-15/h4-11H,1,12H2,2-3H3. The average molecular weight is 478 g/mol. The summed E-state index contributed by atoms with van der Waals surface area (Å²) in [6.07, 6.45) is -0.910. The minimum Gasteiger partial charge on any atom is -0.468 e. The van der Waals surface area contributed by atoms with Crippen LogP contribution in [0.5, 0.6) is 0 Å². The molecule has 0 amide bonds. The fraction of sp³-hybridized carbons (Fsp3) is 0.182. The molecule has 32 heavy (non-hydrogen) atoms. The Morgan fingerprint density at radius 1 is 1.25 bits per heavy atom. The maximum atomic E-state index is 13.2. The number of hydrogen-bond donors (Lipinski definition) is 0. The summed E-state index contributed by atoms with van der Waals surface area (Å²) in [5, 5.41) is 1.47. The van der Waals surface area contributed by atoms with Crippen molar-refractivity contribution in [2.45, 2.75) is 11.1 Å². The van der Waals surface area contributed by atoms with Crippen molar-refractivity contribution >= 4 is 41.3 Å². The number of alkyl halides is 3. The van der Waals surface area contributed by atoms with Crippen LogP contribution in [0.4, 0.5) is 18.9 Å². The lowest BCUT2D eigenvalue weighted by atomic mass is 10.2. The number of halogens is 3. The zero-order valence-corrected chi connectivity index (χ0v) is 18.8. The largest absolute Gasteiger partial charge is 0.468 e. The summed E-state index contributed by atoms with van der Waals surface area (Å²) < 4.78 is 44.3. The van der Waals surface area contributed by atoms with Crippen molar-refractivity contribution in [2.75, 3.05) is 25.6 Å². The van der Waals surface area contributed by atoms with Crippen LogP contribution in [-0.2, 0) is 15.7 Å². The number of pyridine rings is 1. The van der Waals surface area contributed by atoms with Crippen LogP contribution in [0.15, 0.2) is 74.7 Å². The molecule has 4 rings (SSSR count). The first-order valence-electron chi connectivity index (χ1n) is 9.40. The van der Waals surface area contributed by atoms with Gasteiger partial charge in [-0.15, -0.1) is 0 Å². The molecule has 0 atom stereocenters. The van der Waals surface area contributed by atoms with Crippen molar-refractivity contribution in [1.82, 2.24) is 9.88 Å². The van der Waals surface area contributed by atoms with E-state index in [1.54, 1.807) is 24.2 Å². The highest BCUT2D eigenvalue weighted by Gasteiger charge is 2.37. The van der Waals surface area contributed by atoms with Crippen LogP contribution < -0.4 is 4.90 Å². The Kier molecular flexibility index (Phi) is 6.00. The van der Waals surface area contributed by atoms with Gasteiger partial charge >= 0.3 is 12.1 Å². The number of methoxy groups -OCH3 is 1. The molecule has 2 aliphatic heterocycles. The Morgan fingerprint density at radius 3 is 2.69 bits per heavy atom. The first-order valence-corrected chi connectivity index (χ1v) is 11.0. The minimum absolute atomic E-state index is 0.0443. The molecule has 0 spiro atoms. The molecule has 2 aliphatic rings. The van der Waals surface area contributed by atoms with Crippen molar-refractivity contribution in [3.63, 3.8) is 0 Å². The fourth-order valence-electron chi connectivity index (χ4n) is 3.23. The molecule has 3 heterocycles. The van der Waals surface area contributed by atoms with E-state index in [0.29, 0.717) is 22.0 Å². The summed E-state index contributed by atoms with van der Waals surface area (Å²) in [5.74, 6) is -0.435. The highest BCUT2D eigenvalue weighted by atomic mass is 32.2. The lowest BCUT2D eigenvalue weighted by molar-refractivity contribution is -0.141. The van der Waals surface area contributed by atoms with Crippen molar-refractivity contribution in [3.8, 4) is 0 Å². The van der Waals surface area contributed by atoms with Gasteiger partial charge in [0.25, 0.3) is 0 Å². The molecular formula is C22H18F3N3O2S2. The summed E-state index contributed by atoms with van der Waals surface area (Å²) in [7, 11) is 3.11. The molecule has 166 valence electrons. The number of carbonyl (C=O) groups is 1. The van der Waals surface area contributed by atoms with Gasteiger partial charge in [-0.3, -0.25) is 9.78 Å². The van der Waals surface area contributed by atoms with E-state index >= 15 is 0 Å². The normalized spacial score (nSPS) is 19.7. The predicted octanol–water partition coefficient (Wildman–Crippen LogP) is 5.55. The Morgan fingerprint density at radius 2 is 2.03 bits per heavy atom. The zero-order valence-electron chi connectivity index (χ0n) is 17.1. The molecule has 0 bridgehead atoms. The van der Waals surface area contributed by atoms with E-state index in [0.717, 1.165) is 27.1 Å². The number of ether oxygens (including phenoxy) is 1. The van der Waals surface area contributed by atoms with E-state index in [-0.39, 0.29) is 6.54 Å². The maximum absolute atomic E-state index is 13.2. The predicted molar refractivity (Wildman–Crippen MR) is 120 cm³/mol. The highest BCUT2D eigenvalue weighted by Crippen LogP contribution is 2.55. The molecule has 1 aromatic heterocycles. The Hall–Kier alpha value is -2.85. The molecule has 2 aromatic rings. The van der Waals surface area contributed by atoms with Crippen LogP contribution >= 0.6 is 23.5 Å². The second-order valence-corrected chi connectivity index (χ2v) is 8.99. The Bertz CT molecular complexity index is 1150. The maximum Gasteiger partial charge on any atom is 0.416 e. The molecule has 1 saturated heterocycles. The molecule has 0 saturated carbocycles. The molecular weight excluding hydrogens is 459 g/mol. The summed E-state index contributed by atoms with van der Waals surface area (Å²) >= 11 is 2.64. The third-order valence-electron chi connectivity index (χ3n) is 4.89. The second kappa shape index (κ2) is 8.59. The molecule has 0 unspecified atom stereocenters. The topological polar surface area (TPSA) is 45.7 Å². The van der Waals surface area contributed by atoms with Gasteiger partial charge in [-0.05, 0) is 36.4 Å². The third-order valence-corrected chi connectivity index (χ3v) is 7.42. The van der Waals surface area contributed by atoms with Gasteiger partial charge in [0, 0.05) is 18.1 Å². The number of fused-ring (bicyclic) bond motifs is 1. The van der Waals surface area contributed by atoms with Gasteiger partial charge < -0.3 is 14.5 Å². The Labute approximate surface area is 191 Å². The van der Waals surface area contributed by atoms with Gasteiger partial charge in [0.1, 0.15) is 6.54 Å². The van der Waals surface area contributed by atoms with Crippen molar-refractivity contribution < 1.29 is 22.7 Å². The SMILES string of the molecule is C=C1C(=C2Sc3cc(C(F)(F)F)ccc3N2C)SC(=Cc2ccccn2)N1CC(=O)OC. The minimum atomic E-state index is -4.41. The number of nitrogens with zero attached hydrogens (tertiary/aromatic N) is 3. The lowest BCUT2D eigenvalue weighted by Crippen LogP contribution is -2.25. The molecule has 5 nitrogen and oxygen atoms in total. The van der Waals surface area contributed by atoms with E-state index in [1.807, 2.05) is 23.1 Å². The monoisotopic (exact) mass is 477 g/mol. The van der Waals surface area contributed by atoms with Gasteiger partial charge in [0.15, 0.2) is 0 Å². The number of aromatic nitrogens is 1. The summed E-state index contributed by atoms with van der Waals surface area (Å²) in [6.45, 7) is 4.11. The van der Waals surface area contributed by atoms with Crippen LogP contribution in [0.1, 0.15) is 11.3 Å². The first kappa shape index (κ1) is 22.3. The van der Waals surface area contributed by atoms with Crippen LogP contribution in [0.25, 0.3) is 6.08 Å². The van der Waals surface area contributed by atoms with E-state index in [4.69, 9.17) is 4.74 Å². The van der Waals surface area contributed by atoms with Crippen LogP contribution in [0.3, 0.4) is 0 Å². The highest BCUT2D eigenvalue weighted by molar-refractivity contribution is 8.09. The molecule has 0 radical (unpaired) electrons. The molecule has 10 heteroatoms. The van der Waals surface area contributed by atoms with Gasteiger partial charge in [0.05, 0.1) is 44.7 Å². The molecule has 0 N–H and O–H groups in total. The lowest BCUT2D eigenvalue weighted by Gasteiger charge is -2.19. The second-order valence-electron chi connectivity index (χ2n) is 6.92. The van der Waals surface area contributed by atoms with E-state index in [2.05, 4.69) is 11.6 Å². The van der Waals surface area contributed by atoms with Gasteiger partial charge in [-0.25, -0.2) is 0 Å². The van der Waals surface area contributed by atoms with Crippen molar-refractivity contribution in [3.05, 3.63) is 81.1 Å². The van der Waals surface area contributed by atoms with Crippen LogP contribution in [0, 0.1) is 0 Å². The first-order chi connectivity index (χ1) is 15.2. The van der Waals surface area contributed by atoms with Gasteiger partial charge in [-0.2, -0.15) is 13.2 Å². The van der Waals surface area contributed by atoms with Crippen molar-refractivity contribution in [2.24, 2.45) is 0 Å². The average Bonchev–Trinajstić information content (AvgIpc) is 3.25. The number of esters is 1. The molecule has 1 fully saturated rings. The summed E-state index contributed by atoms with van der Waals surface area (Å²) in [4.78, 5) is 21.2. The quantitative estimate of drug-likeness (QED) is 0.538. The van der Waals surface area contributed by atoms with E-state index < -0.39 is 17.7 Å². The number of hydrogen-bond acceptors (Lipinski definition) is 7. The van der Waals surface area contributed by atoms with E-state index in [9.17, 15) is 18.0 Å². The van der Waals surface area contributed by atoms with Crippen LogP contribution in [0.2, 0.25) is 0 Å². The van der Waals surface area contributed by atoms with Gasteiger partial charge in [0.2, 0.25) is 0 Å². The number of anilines is 1. The zero-order chi connectivity index (χ0) is 23.0. The smallest absolute Gasteiger partial charge is 0.416 e. The number of rotatable bonds is 3. The fourth-order valence-corrected chi connectivity index (χ4v) is 5.76. The molecule has 1 aromatic carbocycles. The van der Waals surface area contributed by atoms with Crippen LogP contribution in [-0.4, -0.2) is 36.6 Å².